The third-order valence-corrected chi connectivity index (χ3v) is 4.58. The molecule has 1 aliphatic heterocycles. The number of hydrogen-bond acceptors (Lipinski definition) is 6. The highest BCUT2D eigenvalue weighted by atomic mass is 19.4. The van der Waals surface area contributed by atoms with E-state index in [0.29, 0.717) is 6.54 Å². The molecule has 0 aliphatic carbocycles. The number of nitrogens with zero attached hydrogens (tertiary/aromatic N) is 2. The van der Waals surface area contributed by atoms with Crippen LogP contribution < -0.4 is 20.1 Å². The first-order valence-corrected chi connectivity index (χ1v) is 10.6. The maximum absolute atomic E-state index is 13.2. The first-order valence-electron chi connectivity index (χ1n) is 10.6. The summed E-state index contributed by atoms with van der Waals surface area (Å²) in [5.74, 6) is -1.44. The van der Waals surface area contributed by atoms with E-state index in [9.17, 15) is 27.2 Å². The zero-order chi connectivity index (χ0) is 26.3. The van der Waals surface area contributed by atoms with E-state index in [1.807, 2.05) is 13.0 Å². The molecule has 0 spiro atoms. The second kappa shape index (κ2) is 11.5. The summed E-state index contributed by atoms with van der Waals surface area (Å²) in [5.41, 5.74) is 1.55. The Morgan fingerprint density at radius 3 is 2.42 bits per heavy atom. The smallest absolute Gasteiger partial charge is 0.422 e. The Balaban J connectivity index is 0.000000819. The van der Waals surface area contributed by atoms with Crippen LogP contribution in [0.15, 0.2) is 54.7 Å². The molecule has 1 fully saturated rings. The van der Waals surface area contributed by atoms with Gasteiger partial charge in [-0.15, -0.1) is 0 Å². The van der Waals surface area contributed by atoms with E-state index in [4.69, 9.17) is 4.74 Å². The highest BCUT2D eigenvalue weighted by Gasteiger charge is 2.29. The number of hydrogen-bond donors (Lipinski definition) is 2. The molecule has 12 heteroatoms. The van der Waals surface area contributed by atoms with Gasteiger partial charge in [-0.25, -0.2) is 4.39 Å². The first-order chi connectivity index (χ1) is 17.0. The van der Waals surface area contributed by atoms with Crippen LogP contribution in [-0.4, -0.2) is 41.1 Å². The van der Waals surface area contributed by atoms with Crippen LogP contribution in [0.4, 0.5) is 17.6 Å². The lowest BCUT2D eigenvalue weighted by molar-refractivity contribution is -0.154. The molecule has 190 valence electrons. The summed E-state index contributed by atoms with van der Waals surface area (Å²) in [6.45, 7) is 2.62. The van der Waals surface area contributed by atoms with Crippen molar-refractivity contribution in [3.8, 4) is 17.5 Å². The van der Waals surface area contributed by atoms with E-state index in [0.717, 1.165) is 29.5 Å². The number of aromatic nitrogens is 2. The summed E-state index contributed by atoms with van der Waals surface area (Å²) < 4.78 is 60.8. The van der Waals surface area contributed by atoms with Crippen LogP contribution in [0, 0.1) is 12.7 Å². The number of pyridine rings is 2. The molecule has 2 N–H and O–H groups in total. The Kier molecular flexibility index (Phi) is 8.41. The average Bonchev–Trinajstić information content (AvgIpc) is 3.61. The number of nitrogens with one attached hydrogen (secondary N) is 2. The van der Waals surface area contributed by atoms with E-state index in [2.05, 4.69) is 25.3 Å². The van der Waals surface area contributed by atoms with E-state index < -0.39 is 30.5 Å². The number of amides is 2. The van der Waals surface area contributed by atoms with Gasteiger partial charge in [-0.05, 0) is 61.9 Å². The summed E-state index contributed by atoms with van der Waals surface area (Å²) in [6, 6.07) is 10.4. The molecule has 0 bridgehead atoms. The second-order valence-electron chi connectivity index (χ2n) is 7.66. The molecule has 1 unspecified atom stereocenters. The van der Waals surface area contributed by atoms with Crippen molar-refractivity contribution in [3.63, 3.8) is 0 Å². The molecule has 1 atom stereocenters. The summed E-state index contributed by atoms with van der Waals surface area (Å²) in [6.07, 6.45) is -2.95. The highest BCUT2D eigenvalue weighted by molar-refractivity contribution is 5.96. The predicted octanol–water partition coefficient (Wildman–Crippen LogP) is 4.26. The largest absolute Gasteiger partial charge is 0.468 e. The number of benzene rings is 1. The zero-order valence-corrected chi connectivity index (χ0v) is 19.2. The van der Waals surface area contributed by atoms with Crippen molar-refractivity contribution in [2.45, 2.75) is 26.1 Å². The van der Waals surface area contributed by atoms with Crippen LogP contribution in [0.25, 0.3) is 0 Å². The Bertz CT molecular complexity index is 1210. The van der Waals surface area contributed by atoms with Crippen molar-refractivity contribution >= 4 is 11.8 Å². The van der Waals surface area contributed by atoms with Crippen molar-refractivity contribution in [2.24, 2.45) is 0 Å². The molecule has 3 aromatic rings. The lowest BCUT2D eigenvalue weighted by Crippen LogP contribution is -2.27. The van der Waals surface area contributed by atoms with Crippen molar-refractivity contribution < 1.29 is 36.6 Å². The third-order valence-electron chi connectivity index (χ3n) is 4.58. The fraction of sp³-hybridized carbons (Fsp3) is 0.250. The Morgan fingerprint density at radius 1 is 1.17 bits per heavy atom. The molecular formula is C24H22F4N4O4. The van der Waals surface area contributed by atoms with Gasteiger partial charge in [0, 0.05) is 18.0 Å². The molecule has 8 nitrogen and oxygen atoms in total. The zero-order valence-electron chi connectivity index (χ0n) is 19.2. The molecule has 2 amide bonds. The average molecular weight is 506 g/mol. The predicted molar refractivity (Wildman–Crippen MR) is 120 cm³/mol. The van der Waals surface area contributed by atoms with Crippen LogP contribution in [0.1, 0.15) is 34.6 Å². The van der Waals surface area contributed by atoms with E-state index in [1.165, 1.54) is 18.2 Å². The molecular weight excluding hydrogens is 484 g/mol. The van der Waals surface area contributed by atoms with Gasteiger partial charge in [0.25, 0.3) is 5.91 Å². The van der Waals surface area contributed by atoms with Gasteiger partial charge in [-0.1, -0.05) is 0 Å². The van der Waals surface area contributed by atoms with Crippen LogP contribution in [-0.2, 0) is 4.79 Å². The molecule has 1 aliphatic rings. The normalized spacial score (nSPS) is 13.0. The Morgan fingerprint density at radius 2 is 1.83 bits per heavy atom. The SMILES string of the molecule is Cc1cc(C(C)NC(=O)c2ccc(OCC(F)(F)F)nc2Oc2ccc(F)cc2)ccn1.O=C1CN1. The molecule has 1 aromatic carbocycles. The van der Waals surface area contributed by atoms with Crippen molar-refractivity contribution in [1.82, 2.24) is 20.6 Å². The summed E-state index contributed by atoms with van der Waals surface area (Å²) in [7, 11) is 0. The van der Waals surface area contributed by atoms with Crippen LogP contribution >= 0.6 is 0 Å². The third kappa shape index (κ3) is 8.53. The van der Waals surface area contributed by atoms with Crippen LogP contribution in [0.5, 0.6) is 17.5 Å². The molecule has 2 aromatic heterocycles. The van der Waals surface area contributed by atoms with E-state index >= 15 is 0 Å². The fourth-order valence-corrected chi connectivity index (χ4v) is 2.76. The summed E-state index contributed by atoms with van der Waals surface area (Å²) in [5, 5.41) is 5.24. The minimum Gasteiger partial charge on any atom is -0.468 e. The minimum absolute atomic E-state index is 0.0358. The summed E-state index contributed by atoms with van der Waals surface area (Å²) in [4.78, 5) is 30.3. The number of halogens is 4. The number of rotatable bonds is 7. The first kappa shape index (κ1) is 26.4. The monoisotopic (exact) mass is 506 g/mol. The molecule has 36 heavy (non-hydrogen) atoms. The quantitative estimate of drug-likeness (QED) is 0.366. The van der Waals surface area contributed by atoms with Crippen molar-refractivity contribution in [3.05, 3.63) is 77.4 Å². The topological polar surface area (TPSA) is 112 Å². The minimum atomic E-state index is -4.56. The van der Waals surface area contributed by atoms with Gasteiger partial charge < -0.3 is 20.1 Å². The number of carbonyl (C=O) groups excluding carboxylic acids is 2. The molecule has 1 saturated heterocycles. The van der Waals surface area contributed by atoms with Crippen LogP contribution in [0.3, 0.4) is 0 Å². The highest BCUT2D eigenvalue weighted by Crippen LogP contribution is 2.28. The van der Waals surface area contributed by atoms with Gasteiger partial charge in [0.05, 0.1) is 12.6 Å². The van der Waals surface area contributed by atoms with Gasteiger partial charge in [0.1, 0.15) is 17.1 Å². The summed E-state index contributed by atoms with van der Waals surface area (Å²) >= 11 is 0. The number of ether oxygens (including phenoxy) is 2. The lowest BCUT2D eigenvalue weighted by Gasteiger charge is -2.17. The van der Waals surface area contributed by atoms with Crippen LogP contribution in [0.2, 0.25) is 0 Å². The standard InChI is InChI=1S/C22H19F4N3O3.C2H3NO/c1-13-11-15(9-10-27-13)14(2)28-20(30)18-7-8-19(31-12-22(24,25)26)29-21(18)32-17-5-3-16(23)4-6-17;4-2-1-3-2/h3-11,14H,12H2,1-2H3,(H,28,30);1H2,(H,3,4). The van der Waals surface area contributed by atoms with Gasteiger partial charge >= 0.3 is 6.18 Å². The van der Waals surface area contributed by atoms with Crippen molar-refractivity contribution in [1.29, 1.82) is 0 Å². The Hall–Kier alpha value is -4.22. The fourth-order valence-electron chi connectivity index (χ4n) is 2.76. The van der Waals surface area contributed by atoms with E-state index in [1.54, 1.807) is 19.2 Å². The molecule has 3 heterocycles. The molecule has 0 saturated carbocycles. The van der Waals surface area contributed by atoms with Gasteiger partial charge in [0.2, 0.25) is 17.7 Å². The van der Waals surface area contributed by atoms with Crippen molar-refractivity contribution in [2.75, 3.05) is 13.2 Å². The molecule has 0 radical (unpaired) electrons. The molecule has 4 rings (SSSR count). The number of aryl methyl sites for hydroxylation is 1. The second-order valence-corrected chi connectivity index (χ2v) is 7.66. The number of carbonyl (C=O) groups is 2. The van der Waals surface area contributed by atoms with Gasteiger partial charge in [-0.3, -0.25) is 14.6 Å². The Labute approximate surface area is 203 Å². The maximum atomic E-state index is 13.2. The van der Waals surface area contributed by atoms with E-state index in [-0.39, 0.29) is 29.0 Å². The van der Waals surface area contributed by atoms with Gasteiger partial charge in [0.15, 0.2) is 6.61 Å². The number of alkyl halides is 3. The lowest BCUT2D eigenvalue weighted by atomic mass is 10.1. The van der Waals surface area contributed by atoms with Gasteiger partial charge in [-0.2, -0.15) is 18.2 Å². The maximum Gasteiger partial charge on any atom is 0.422 e.